The molecule has 0 saturated carbocycles. The smallest absolute Gasteiger partial charge is 0.424 e. The van der Waals surface area contributed by atoms with E-state index in [1.54, 1.807) is 6.92 Å². The maximum absolute atomic E-state index is 12.2. The van der Waals surface area contributed by atoms with Crippen LogP contribution in [0, 0.1) is 0 Å². The lowest BCUT2D eigenvalue weighted by Gasteiger charge is -2.26. The average molecular weight is 380 g/mol. The van der Waals surface area contributed by atoms with Gasteiger partial charge < -0.3 is 9.47 Å². The van der Waals surface area contributed by atoms with Gasteiger partial charge in [-0.25, -0.2) is 15.2 Å². The summed E-state index contributed by atoms with van der Waals surface area (Å²) in [5, 5.41) is 1.17. The van der Waals surface area contributed by atoms with E-state index in [1.165, 1.54) is 5.01 Å². The fourth-order valence-electron chi connectivity index (χ4n) is 2.63. The Balaban J connectivity index is 2.08. The molecule has 2 rings (SSSR count). The summed E-state index contributed by atoms with van der Waals surface area (Å²) in [5.41, 5.74) is 3.91. The fraction of sp³-hybridized carbons (Fsp3) is 0.500. The number of esters is 1. The van der Waals surface area contributed by atoms with Crippen LogP contribution in [0.2, 0.25) is 0 Å². The monoisotopic (exact) mass is 380 g/mol. The number of amides is 1. The molecule has 0 bridgehead atoms. The normalized spacial score (nSPS) is 17.7. The van der Waals surface area contributed by atoms with E-state index in [9.17, 15) is 14.4 Å². The van der Waals surface area contributed by atoms with E-state index in [0.29, 0.717) is 12.2 Å². The van der Waals surface area contributed by atoms with Crippen molar-refractivity contribution < 1.29 is 23.9 Å². The largest absolute Gasteiger partial charge is 0.465 e. The number of hydrazine groups is 1. The molecule has 1 aliphatic heterocycles. The van der Waals surface area contributed by atoms with Crippen LogP contribution in [-0.4, -0.2) is 53.2 Å². The van der Waals surface area contributed by atoms with Gasteiger partial charge in [-0.15, -0.1) is 0 Å². The summed E-state index contributed by atoms with van der Waals surface area (Å²) in [4.78, 5) is 36.3. The summed E-state index contributed by atoms with van der Waals surface area (Å²) in [5.74, 6) is 0.0623. The van der Waals surface area contributed by atoms with Gasteiger partial charge in [0, 0.05) is 6.42 Å². The minimum atomic E-state index is -0.926. The van der Waals surface area contributed by atoms with Crippen LogP contribution in [0.1, 0.15) is 25.8 Å². The minimum absolute atomic E-state index is 0.0564. The third-order valence-corrected chi connectivity index (χ3v) is 4.59. The Labute approximate surface area is 157 Å². The fourth-order valence-corrected chi connectivity index (χ4v) is 3.24. The summed E-state index contributed by atoms with van der Waals surface area (Å²) in [6.45, 7) is 3.97. The minimum Gasteiger partial charge on any atom is -0.465 e. The van der Waals surface area contributed by atoms with E-state index in [2.05, 4.69) is 5.43 Å². The lowest BCUT2D eigenvalue weighted by Crippen LogP contribution is -2.53. The summed E-state index contributed by atoms with van der Waals surface area (Å²) in [6, 6.07) is 8.50. The maximum Gasteiger partial charge on any atom is 0.424 e. The highest BCUT2D eigenvalue weighted by Crippen LogP contribution is 2.17. The van der Waals surface area contributed by atoms with E-state index in [1.807, 2.05) is 37.3 Å². The van der Waals surface area contributed by atoms with Gasteiger partial charge in [0.1, 0.15) is 12.6 Å². The molecule has 7 nitrogen and oxygen atoms in total. The molecule has 1 N–H and O–H groups in total. The van der Waals surface area contributed by atoms with Crippen molar-refractivity contribution in [2.24, 2.45) is 0 Å². The molecule has 26 heavy (non-hydrogen) atoms. The average Bonchev–Trinajstić information content (AvgIpc) is 2.95. The molecule has 1 fully saturated rings. The van der Waals surface area contributed by atoms with Crippen molar-refractivity contribution in [1.29, 1.82) is 0 Å². The molecular formula is C18H24N2O5S. The van der Waals surface area contributed by atoms with Crippen LogP contribution in [0.3, 0.4) is 0 Å². The topological polar surface area (TPSA) is 84.9 Å². The van der Waals surface area contributed by atoms with Gasteiger partial charge in [0.25, 0.3) is 0 Å². The summed E-state index contributed by atoms with van der Waals surface area (Å²) in [6.07, 6.45) is -0.0396. The Bertz CT molecular complexity index is 625. The van der Waals surface area contributed by atoms with Gasteiger partial charge in [0.15, 0.2) is 5.12 Å². The number of thioether (sulfide) groups is 1. The van der Waals surface area contributed by atoms with E-state index in [0.717, 1.165) is 17.3 Å². The molecule has 0 aliphatic carbocycles. The van der Waals surface area contributed by atoms with Crippen molar-refractivity contribution in [3.05, 3.63) is 35.9 Å². The molecule has 1 aromatic carbocycles. The quantitative estimate of drug-likeness (QED) is 0.657. The molecule has 0 unspecified atom stereocenters. The van der Waals surface area contributed by atoms with E-state index >= 15 is 0 Å². The Morgan fingerprint density at radius 1 is 1.35 bits per heavy atom. The third kappa shape index (κ3) is 5.74. The van der Waals surface area contributed by atoms with Gasteiger partial charge in [0.2, 0.25) is 0 Å². The van der Waals surface area contributed by atoms with Gasteiger partial charge in [-0.2, -0.15) is 0 Å². The van der Waals surface area contributed by atoms with Crippen molar-refractivity contribution in [3.63, 3.8) is 0 Å². The zero-order valence-corrected chi connectivity index (χ0v) is 15.8. The number of ether oxygens (including phenoxy) is 2. The number of cyclic esters (lactones) is 1. The molecular weight excluding hydrogens is 356 g/mol. The third-order valence-electron chi connectivity index (χ3n) is 3.82. The first-order valence-corrected chi connectivity index (χ1v) is 9.62. The highest BCUT2D eigenvalue weighted by Gasteiger charge is 2.37. The van der Waals surface area contributed by atoms with E-state index in [-0.39, 0.29) is 30.8 Å². The highest BCUT2D eigenvalue weighted by atomic mass is 32.2. The highest BCUT2D eigenvalue weighted by molar-refractivity contribution is 8.13. The van der Waals surface area contributed by atoms with Crippen LogP contribution < -0.4 is 5.43 Å². The van der Waals surface area contributed by atoms with Crippen molar-refractivity contribution >= 4 is 28.9 Å². The molecule has 0 radical (unpaired) electrons. The second-order valence-electron chi connectivity index (χ2n) is 5.73. The Kier molecular flexibility index (Phi) is 7.93. The first-order chi connectivity index (χ1) is 12.5. The molecule has 1 amide bonds. The molecule has 1 aliphatic rings. The Hall–Kier alpha value is -2.06. The van der Waals surface area contributed by atoms with Crippen LogP contribution in [0.5, 0.6) is 0 Å². The first kappa shape index (κ1) is 20.3. The number of rotatable bonds is 9. The summed E-state index contributed by atoms with van der Waals surface area (Å²) in [7, 11) is 0. The predicted molar refractivity (Wildman–Crippen MR) is 98.4 cm³/mol. The number of nitrogens with zero attached hydrogens (tertiary/aromatic N) is 1. The molecule has 1 aromatic rings. The second-order valence-corrected chi connectivity index (χ2v) is 7.05. The number of benzene rings is 1. The number of carbonyl (C=O) groups is 3. The van der Waals surface area contributed by atoms with Crippen molar-refractivity contribution in [2.75, 3.05) is 19.0 Å². The lowest BCUT2D eigenvalue weighted by atomic mass is 10.1. The van der Waals surface area contributed by atoms with Gasteiger partial charge in [-0.1, -0.05) is 49.0 Å². The van der Waals surface area contributed by atoms with E-state index in [4.69, 9.17) is 9.47 Å². The van der Waals surface area contributed by atoms with Crippen molar-refractivity contribution in [3.8, 4) is 0 Å². The zero-order chi connectivity index (χ0) is 18.9. The van der Waals surface area contributed by atoms with Crippen LogP contribution in [0.15, 0.2) is 30.3 Å². The Morgan fingerprint density at radius 2 is 2.08 bits per heavy atom. The summed E-state index contributed by atoms with van der Waals surface area (Å²) >= 11 is 1.14. The molecule has 1 heterocycles. The summed E-state index contributed by atoms with van der Waals surface area (Å²) < 4.78 is 10.2. The zero-order valence-electron chi connectivity index (χ0n) is 15.0. The van der Waals surface area contributed by atoms with Crippen molar-refractivity contribution in [1.82, 2.24) is 10.4 Å². The molecule has 0 aromatic heterocycles. The maximum atomic E-state index is 12.2. The van der Waals surface area contributed by atoms with E-state index < -0.39 is 18.1 Å². The Morgan fingerprint density at radius 3 is 2.73 bits per heavy atom. The first-order valence-electron chi connectivity index (χ1n) is 8.63. The number of nitrogens with one attached hydrogen (secondary N) is 1. The lowest BCUT2D eigenvalue weighted by molar-refractivity contribution is -0.148. The standard InChI is InChI=1S/C18H24N2O5S/c1-3-24-17(22)15(11-16(21)26-4-2)19-20-14(12-25-18(20)23)10-13-8-6-5-7-9-13/h5-9,14-15,19H,3-4,10-12H2,1-2H3/t14-,15-/m0/s1. The number of carbonyl (C=O) groups excluding carboxylic acids is 3. The molecule has 8 heteroatoms. The number of hydrogen-bond acceptors (Lipinski definition) is 7. The molecule has 0 spiro atoms. The van der Waals surface area contributed by atoms with Gasteiger partial charge in [-0.05, 0) is 24.7 Å². The van der Waals surface area contributed by atoms with Crippen LogP contribution >= 0.6 is 11.8 Å². The van der Waals surface area contributed by atoms with Crippen LogP contribution in [0.25, 0.3) is 0 Å². The van der Waals surface area contributed by atoms with Gasteiger partial charge >= 0.3 is 12.1 Å². The van der Waals surface area contributed by atoms with Gasteiger partial charge in [-0.3, -0.25) is 9.59 Å². The second kappa shape index (κ2) is 10.2. The predicted octanol–water partition coefficient (Wildman–Crippen LogP) is 2.16. The number of hydrogen-bond donors (Lipinski definition) is 1. The molecule has 2 atom stereocenters. The molecule has 1 saturated heterocycles. The van der Waals surface area contributed by atoms with Gasteiger partial charge in [0.05, 0.1) is 12.6 Å². The SMILES string of the molecule is CCOC(=O)[C@H](CC(=O)SCC)NN1C(=O)OC[C@@H]1Cc1ccccc1. The van der Waals surface area contributed by atoms with Crippen molar-refractivity contribution in [2.45, 2.75) is 38.8 Å². The van der Waals surface area contributed by atoms with Crippen LogP contribution in [0.4, 0.5) is 4.79 Å². The molecule has 142 valence electrons. The van der Waals surface area contributed by atoms with Crippen LogP contribution in [-0.2, 0) is 25.5 Å².